The Hall–Kier alpha value is -1.51. The third-order valence-electron chi connectivity index (χ3n) is 4.17. The molecule has 3 aromatic carbocycles. The zero-order valence-electron chi connectivity index (χ0n) is 12.9. The minimum absolute atomic E-state index is 0.915. The number of fused-ring (bicyclic) bond motifs is 3. The predicted molar refractivity (Wildman–Crippen MR) is 101 cm³/mol. The average Bonchev–Trinajstić information content (AvgIpc) is 2.57. The Labute approximate surface area is 138 Å². The van der Waals surface area contributed by atoms with E-state index in [2.05, 4.69) is 72.5 Å². The summed E-state index contributed by atoms with van der Waals surface area (Å²) in [5.74, 6) is 0.915. The number of thiol groups is 1. The SMILES string of the molecule is SCCNCCCCc1ccc2c(ccc3ccccc32)c1. The molecule has 0 aliphatic carbocycles. The quantitative estimate of drug-likeness (QED) is 0.362. The van der Waals surface area contributed by atoms with Gasteiger partial charge in [0, 0.05) is 12.3 Å². The summed E-state index contributed by atoms with van der Waals surface area (Å²) in [4.78, 5) is 0. The lowest BCUT2D eigenvalue weighted by Crippen LogP contribution is -2.17. The smallest absolute Gasteiger partial charge is 0.00397 e. The first-order valence-electron chi connectivity index (χ1n) is 8.10. The van der Waals surface area contributed by atoms with Crippen LogP contribution in [0, 0.1) is 0 Å². The fraction of sp³-hybridized carbons (Fsp3) is 0.300. The van der Waals surface area contributed by atoms with Gasteiger partial charge in [-0.3, -0.25) is 0 Å². The molecule has 0 aliphatic heterocycles. The summed E-state index contributed by atoms with van der Waals surface area (Å²) < 4.78 is 0. The van der Waals surface area contributed by atoms with Gasteiger partial charge in [-0.05, 0) is 52.9 Å². The number of unbranched alkanes of at least 4 members (excludes halogenated alkanes) is 1. The molecule has 0 radical (unpaired) electrons. The molecule has 3 aromatic rings. The molecule has 0 saturated heterocycles. The van der Waals surface area contributed by atoms with Crippen LogP contribution in [0.2, 0.25) is 0 Å². The van der Waals surface area contributed by atoms with E-state index in [1.165, 1.54) is 39.9 Å². The molecule has 0 aromatic heterocycles. The van der Waals surface area contributed by atoms with E-state index in [0.717, 1.165) is 25.3 Å². The molecular weight excluding hydrogens is 286 g/mol. The molecule has 0 aliphatic rings. The second kappa shape index (κ2) is 7.66. The van der Waals surface area contributed by atoms with Crippen LogP contribution in [-0.2, 0) is 6.42 Å². The van der Waals surface area contributed by atoms with Crippen LogP contribution in [0.15, 0.2) is 54.6 Å². The van der Waals surface area contributed by atoms with E-state index < -0.39 is 0 Å². The molecule has 114 valence electrons. The maximum atomic E-state index is 4.20. The van der Waals surface area contributed by atoms with Crippen molar-refractivity contribution in [3.05, 3.63) is 60.2 Å². The highest BCUT2D eigenvalue weighted by molar-refractivity contribution is 7.80. The second-order valence-corrected chi connectivity index (χ2v) is 6.22. The summed E-state index contributed by atoms with van der Waals surface area (Å²) in [5.41, 5.74) is 1.44. The summed E-state index contributed by atoms with van der Waals surface area (Å²) in [7, 11) is 0. The first kappa shape index (κ1) is 15.4. The van der Waals surface area contributed by atoms with Gasteiger partial charge >= 0.3 is 0 Å². The van der Waals surface area contributed by atoms with Crippen LogP contribution in [0.25, 0.3) is 21.5 Å². The van der Waals surface area contributed by atoms with Gasteiger partial charge in [0.15, 0.2) is 0 Å². The average molecular weight is 309 g/mol. The van der Waals surface area contributed by atoms with Gasteiger partial charge in [0.1, 0.15) is 0 Å². The van der Waals surface area contributed by atoms with E-state index in [-0.39, 0.29) is 0 Å². The molecule has 0 fully saturated rings. The molecule has 2 heteroatoms. The summed E-state index contributed by atoms with van der Waals surface area (Å²) in [6, 6.07) is 20.0. The van der Waals surface area contributed by atoms with Crippen molar-refractivity contribution in [1.82, 2.24) is 5.32 Å². The lowest BCUT2D eigenvalue weighted by atomic mass is 9.98. The second-order valence-electron chi connectivity index (χ2n) is 5.77. The Morgan fingerprint density at radius 1 is 0.773 bits per heavy atom. The van der Waals surface area contributed by atoms with Crippen molar-refractivity contribution in [2.75, 3.05) is 18.8 Å². The lowest BCUT2D eigenvalue weighted by Gasteiger charge is -2.07. The zero-order chi connectivity index (χ0) is 15.2. The predicted octanol–water partition coefficient (Wildman–Crippen LogP) is 4.84. The van der Waals surface area contributed by atoms with E-state index in [1.807, 2.05) is 0 Å². The monoisotopic (exact) mass is 309 g/mol. The highest BCUT2D eigenvalue weighted by atomic mass is 32.1. The Balaban J connectivity index is 1.69. The fourth-order valence-electron chi connectivity index (χ4n) is 3.00. The Kier molecular flexibility index (Phi) is 5.36. The maximum Gasteiger partial charge on any atom is 0.00397 e. The van der Waals surface area contributed by atoms with E-state index >= 15 is 0 Å². The van der Waals surface area contributed by atoms with E-state index in [4.69, 9.17) is 0 Å². The zero-order valence-corrected chi connectivity index (χ0v) is 13.8. The topological polar surface area (TPSA) is 12.0 Å². The number of nitrogens with one attached hydrogen (secondary N) is 1. The summed E-state index contributed by atoms with van der Waals surface area (Å²) >= 11 is 4.20. The van der Waals surface area contributed by atoms with Crippen LogP contribution >= 0.6 is 12.6 Å². The molecule has 0 amide bonds. The van der Waals surface area contributed by atoms with Crippen LogP contribution in [0.3, 0.4) is 0 Å². The van der Waals surface area contributed by atoms with Gasteiger partial charge in [-0.1, -0.05) is 54.6 Å². The molecular formula is C20H23NS. The number of hydrogen-bond donors (Lipinski definition) is 2. The van der Waals surface area contributed by atoms with Crippen LogP contribution < -0.4 is 5.32 Å². The van der Waals surface area contributed by atoms with E-state index in [9.17, 15) is 0 Å². The molecule has 0 spiro atoms. The van der Waals surface area contributed by atoms with Gasteiger partial charge in [0.05, 0.1) is 0 Å². The molecule has 3 rings (SSSR count). The summed E-state index contributed by atoms with van der Waals surface area (Å²) in [6.07, 6.45) is 3.62. The van der Waals surface area contributed by atoms with Crippen molar-refractivity contribution in [2.24, 2.45) is 0 Å². The molecule has 0 atom stereocenters. The minimum atomic E-state index is 0.915. The van der Waals surface area contributed by atoms with E-state index in [1.54, 1.807) is 0 Å². The van der Waals surface area contributed by atoms with Crippen molar-refractivity contribution in [3.8, 4) is 0 Å². The number of benzene rings is 3. The normalized spacial score (nSPS) is 11.3. The maximum absolute atomic E-state index is 4.20. The molecule has 0 saturated carbocycles. The largest absolute Gasteiger partial charge is 0.316 e. The molecule has 0 heterocycles. The number of rotatable bonds is 7. The van der Waals surface area contributed by atoms with Gasteiger partial charge in [-0.15, -0.1) is 0 Å². The van der Waals surface area contributed by atoms with Crippen molar-refractivity contribution in [3.63, 3.8) is 0 Å². The van der Waals surface area contributed by atoms with Crippen molar-refractivity contribution < 1.29 is 0 Å². The number of aryl methyl sites for hydroxylation is 1. The molecule has 22 heavy (non-hydrogen) atoms. The van der Waals surface area contributed by atoms with E-state index in [0.29, 0.717) is 0 Å². The molecule has 0 bridgehead atoms. The fourth-order valence-corrected chi connectivity index (χ4v) is 3.16. The van der Waals surface area contributed by atoms with Gasteiger partial charge in [-0.2, -0.15) is 12.6 Å². The van der Waals surface area contributed by atoms with Crippen LogP contribution in [0.4, 0.5) is 0 Å². The molecule has 1 N–H and O–H groups in total. The van der Waals surface area contributed by atoms with Crippen molar-refractivity contribution in [1.29, 1.82) is 0 Å². The summed E-state index contributed by atoms with van der Waals surface area (Å²) in [6.45, 7) is 2.10. The Bertz CT molecular complexity index is 751. The molecule has 0 unspecified atom stereocenters. The third-order valence-corrected chi connectivity index (χ3v) is 4.39. The van der Waals surface area contributed by atoms with Gasteiger partial charge in [-0.25, -0.2) is 0 Å². The summed E-state index contributed by atoms with van der Waals surface area (Å²) in [5, 5.41) is 8.77. The molecule has 1 nitrogen and oxygen atoms in total. The first-order chi connectivity index (χ1) is 10.9. The van der Waals surface area contributed by atoms with Gasteiger partial charge < -0.3 is 5.32 Å². The van der Waals surface area contributed by atoms with Crippen molar-refractivity contribution in [2.45, 2.75) is 19.3 Å². The first-order valence-corrected chi connectivity index (χ1v) is 8.74. The van der Waals surface area contributed by atoms with Crippen LogP contribution in [-0.4, -0.2) is 18.8 Å². The Morgan fingerprint density at radius 3 is 2.50 bits per heavy atom. The minimum Gasteiger partial charge on any atom is -0.316 e. The Morgan fingerprint density at radius 2 is 1.59 bits per heavy atom. The highest BCUT2D eigenvalue weighted by Crippen LogP contribution is 2.26. The highest BCUT2D eigenvalue weighted by Gasteiger charge is 2.01. The third kappa shape index (κ3) is 3.63. The van der Waals surface area contributed by atoms with Gasteiger partial charge in [0.2, 0.25) is 0 Å². The lowest BCUT2D eigenvalue weighted by molar-refractivity contribution is 0.644. The van der Waals surface area contributed by atoms with Crippen molar-refractivity contribution >= 4 is 34.2 Å². The van der Waals surface area contributed by atoms with Gasteiger partial charge in [0.25, 0.3) is 0 Å². The van der Waals surface area contributed by atoms with Crippen LogP contribution in [0.1, 0.15) is 18.4 Å². The number of hydrogen-bond acceptors (Lipinski definition) is 2. The van der Waals surface area contributed by atoms with Crippen LogP contribution in [0.5, 0.6) is 0 Å². The standard InChI is InChI=1S/C20H23NS/c22-14-13-21-12-4-3-5-16-8-11-20-18(15-16)10-9-17-6-1-2-7-19(17)20/h1-2,6-11,15,21-22H,3-5,12-14H2.